The summed E-state index contributed by atoms with van der Waals surface area (Å²) in [5.74, 6) is 0. The van der Waals surface area contributed by atoms with Gasteiger partial charge in [-0.3, -0.25) is 0 Å². The Bertz CT molecular complexity index is 152. The SMILES string of the molecule is CCCCCC.CCCCCC.NC(N)=S.NC(N)=S. The molecule has 0 saturated heterocycles. The van der Waals surface area contributed by atoms with Crippen LogP contribution in [0.15, 0.2) is 0 Å². The number of rotatable bonds is 6. The van der Waals surface area contributed by atoms with Gasteiger partial charge in [0.15, 0.2) is 10.2 Å². The van der Waals surface area contributed by atoms with Crippen LogP contribution in [0.4, 0.5) is 0 Å². The van der Waals surface area contributed by atoms with Gasteiger partial charge in [-0.15, -0.1) is 0 Å². The Labute approximate surface area is 137 Å². The Morgan fingerprint density at radius 3 is 0.700 bits per heavy atom. The van der Waals surface area contributed by atoms with Crippen molar-refractivity contribution in [2.45, 2.75) is 79.1 Å². The largest absolute Gasteiger partial charge is 0.377 e. The van der Waals surface area contributed by atoms with Crippen LogP contribution in [0.5, 0.6) is 0 Å². The molecule has 0 aromatic carbocycles. The van der Waals surface area contributed by atoms with Crippen molar-refractivity contribution in [3.8, 4) is 0 Å². The third-order valence-corrected chi connectivity index (χ3v) is 1.91. The number of hydrogen-bond donors (Lipinski definition) is 4. The molecule has 0 bridgehead atoms. The first kappa shape index (κ1) is 27.7. The predicted octanol–water partition coefficient (Wildman–Crippen LogP) is 3.55. The second-order valence-corrected chi connectivity index (χ2v) is 5.16. The van der Waals surface area contributed by atoms with Crippen LogP contribution in [-0.2, 0) is 0 Å². The zero-order valence-electron chi connectivity index (χ0n) is 13.8. The zero-order valence-corrected chi connectivity index (χ0v) is 15.4. The van der Waals surface area contributed by atoms with E-state index in [9.17, 15) is 0 Å². The fourth-order valence-corrected chi connectivity index (χ4v) is 1.000. The highest BCUT2D eigenvalue weighted by molar-refractivity contribution is 7.80. The van der Waals surface area contributed by atoms with Gasteiger partial charge in [0.25, 0.3) is 0 Å². The highest BCUT2D eigenvalue weighted by atomic mass is 32.1. The molecule has 0 aliphatic carbocycles. The fraction of sp³-hybridized carbons (Fsp3) is 0.857. The molecule has 0 atom stereocenters. The molecule has 0 aliphatic heterocycles. The van der Waals surface area contributed by atoms with Crippen molar-refractivity contribution in [1.82, 2.24) is 0 Å². The van der Waals surface area contributed by atoms with Crippen LogP contribution in [0.3, 0.4) is 0 Å². The molecule has 8 N–H and O–H groups in total. The van der Waals surface area contributed by atoms with Crippen LogP contribution < -0.4 is 22.9 Å². The summed E-state index contributed by atoms with van der Waals surface area (Å²) in [6.07, 6.45) is 11.1. The molecule has 20 heavy (non-hydrogen) atoms. The van der Waals surface area contributed by atoms with Crippen molar-refractivity contribution in [2.75, 3.05) is 0 Å². The average molecular weight is 325 g/mol. The third kappa shape index (κ3) is 161. The Morgan fingerprint density at radius 2 is 0.650 bits per heavy atom. The maximum atomic E-state index is 4.62. The second-order valence-electron chi connectivity index (χ2n) is 4.22. The molecule has 0 spiro atoms. The summed E-state index contributed by atoms with van der Waals surface area (Å²) in [7, 11) is 0. The fourth-order valence-electron chi connectivity index (χ4n) is 1.000. The Hall–Kier alpha value is -0.620. The minimum Gasteiger partial charge on any atom is -0.377 e. The number of unbranched alkanes of at least 4 members (excludes halogenated alkanes) is 6. The highest BCUT2D eigenvalue weighted by Gasteiger charge is 1.75. The van der Waals surface area contributed by atoms with Crippen molar-refractivity contribution < 1.29 is 0 Å². The van der Waals surface area contributed by atoms with Gasteiger partial charge in [-0.25, -0.2) is 0 Å². The Morgan fingerprint density at radius 1 is 0.550 bits per heavy atom. The van der Waals surface area contributed by atoms with Gasteiger partial charge in [-0.1, -0.05) is 79.1 Å². The lowest BCUT2D eigenvalue weighted by Crippen LogP contribution is -2.18. The summed E-state index contributed by atoms with van der Waals surface area (Å²) < 4.78 is 0. The molecule has 0 heterocycles. The van der Waals surface area contributed by atoms with Crippen molar-refractivity contribution in [3.05, 3.63) is 0 Å². The van der Waals surface area contributed by atoms with Crippen LogP contribution in [0.2, 0.25) is 0 Å². The van der Waals surface area contributed by atoms with Gasteiger partial charge < -0.3 is 22.9 Å². The molecule has 0 rings (SSSR count). The van der Waals surface area contributed by atoms with Gasteiger partial charge in [-0.2, -0.15) is 0 Å². The molecular weight excluding hydrogens is 288 g/mol. The highest BCUT2D eigenvalue weighted by Crippen LogP contribution is 1.95. The normalized spacial score (nSPS) is 7.80. The maximum absolute atomic E-state index is 4.62. The Balaban J connectivity index is -0.0000000871. The number of nitrogens with two attached hydrogens (primary N) is 4. The van der Waals surface area contributed by atoms with E-state index >= 15 is 0 Å². The number of thiocarbonyl (C=S) groups is 2. The lowest BCUT2D eigenvalue weighted by Gasteiger charge is -1.86. The topological polar surface area (TPSA) is 104 Å². The summed E-state index contributed by atoms with van der Waals surface area (Å²) >= 11 is 8.19. The second kappa shape index (κ2) is 31.0. The Kier molecular flexibility index (Phi) is 42.9. The van der Waals surface area contributed by atoms with Crippen LogP contribution in [0.25, 0.3) is 0 Å². The summed E-state index contributed by atoms with van der Waals surface area (Å²) in [5.41, 5.74) is 18.5. The van der Waals surface area contributed by atoms with E-state index in [1.807, 2.05) is 0 Å². The van der Waals surface area contributed by atoms with Gasteiger partial charge in [0.05, 0.1) is 0 Å². The smallest absolute Gasteiger partial charge is 0.160 e. The van der Waals surface area contributed by atoms with E-state index in [2.05, 4.69) is 75.1 Å². The lowest BCUT2D eigenvalue weighted by molar-refractivity contribution is 0.702. The molecular formula is C14H36N4S2. The van der Waals surface area contributed by atoms with Crippen LogP contribution in [-0.4, -0.2) is 10.2 Å². The van der Waals surface area contributed by atoms with Crippen molar-refractivity contribution in [2.24, 2.45) is 22.9 Å². The van der Waals surface area contributed by atoms with Crippen LogP contribution in [0.1, 0.15) is 79.1 Å². The molecule has 0 aromatic heterocycles. The maximum Gasteiger partial charge on any atom is 0.160 e. The average Bonchev–Trinajstić information content (AvgIpc) is 2.33. The molecule has 0 amide bonds. The molecule has 6 heteroatoms. The molecule has 0 saturated carbocycles. The summed E-state index contributed by atoms with van der Waals surface area (Å²) in [4.78, 5) is 0. The summed E-state index contributed by atoms with van der Waals surface area (Å²) in [6.45, 7) is 8.93. The summed E-state index contributed by atoms with van der Waals surface area (Å²) in [6, 6.07) is 0. The van der Waals surface area contributed by atoms with Crippen LogP contribution in [0, 0.1) is 0 Å². The monoisotopic (exact) mass is 324 g/mol. The molecule has 4 nitrogen and oxygen atoms in total. The van der Waals surface area contributed by atoms with Gasteiger partial charge >= 0.3 is 0 Å². The minimum atomic E-state index is 0.000000000000000222. The first-order valence-corrected chi connectivity index (χ1v) is 8.21. The van der Waals surface area contributed by atoms with Gasteiger partial charge in [-0.05, 0) is 24.4 Å². The quantitative estimate of drug-likeness (QED) is 0.440. The summed E-state index contributed by atoms with van der Waals surface area (Å²) in [5, 5.41) is 0.000000000000000444. The first-order chi connectivity index (χ1) is 9.29. The van der Waals surface area contributed by atoms with Gasteiger partial charge in [0, 0.05) is 0 Å². The van der Waals surface area contributed by atoms with Crippen LogP contribution >= 0.6 is 24.4 Å². The van der Waals surface area contributed by atoms with E-state index in [1.54, 1.807) is 0 Å². The lowest BCUT2D eigenvalue weighted by atomic mass is 10.2. The van der Waals surface area contributed by atoms with Gasteiger partial charge in [0.2, 0.25) is 0 Å². The molecule has 0 unspecified atom stereocenters. The van der Waals surface area contributed by atoms with E-state index in [1.165, 1.54) is 51.4 Å². The van der Waals surface area contributed by atoms with E-state index in [0.717, 1.165) is 0 Å². The zero-order chi connectivity index (χ0) is 16.8. The van der Waals surface area contributed by atoms with E-state index in [-0.39, 0.29) is 10.2 Å². The molecule has 0 aliphatic rings. The standard InChI is InChI=1S/2C6H14.2CH4N2S/c2*1-3-5-6-4-2;2*2-1(3)4/h2*3-6H2,1-2H3;2*(H4,2,3,4). The van der Waals surface area contributed by atoms with Gasteiger partial charge in [0.1, 0.15) is 0 Å². The molecule has 0 fully saturated rings. The van der Waals surface area contributed by atoms with E-state index in [0.29, 0.717) is 0 Å². The van der Waals surface area contributed by atoms with Crippen molar-refractivity contribution in [1.29, 1.82) is 0 Å². The van der Waals surface area contributed by atoms with Crippen molar-refractivity contribution in [3.63, 3.8) is 0 Å². The van der Waals surface area contributed by atoms with E-state index in [4.69, 9.17) is 0 Å². The first-order valence-electron chi connectivity index (χ1n) is 7.39. The van der Waals surface area contributed by atoms with E-state index < -0.39 is 0 Å². The third-order valence-electron chi connectivity index (χ3n) is 1.91. The molecule has 124 valence electrons. The molecule has 0 aromatic rings. The van der Waals surface area contributed by atoms with Crippen molar-refractivity contribution >= 4 is 34.7 Å². The predicted molar refractivity (Wildman–Crippen MR) is 102 cm³/mol. The number of hydrogen-bond acceptors (Lipinski definition) is 2. The molecule has 0 radical (unpaired) electrons. The minimum absolute atomic E-state index is 0.000000000000000222.